The minimum Gasteiger partial charge on any atom is -0.465 e. The maximum Gasteiger partial charge on any atom is 0.317 e. The van der Waals surface area contributed by atoms with Gasteiger partial charge in [-0.1, -0.05) is 12.1 Å². The summed E-state index contributed by atoms with van der Waals surface area (Å²) < 4.78 is 32.2. The summed E-state index contributed by atoms with van der Waals surface area (Å²) in [5.74, 6) is -1.68. The molecule has 0 saturated carbocycles. The molecule has 4 heteroatoms. The van der Waals surface area contributed by atoms with Gasteiger partial charge < -0.3 is 4.74 Å². The van der Waals surface area contributed by atoms with E-state index in [1.165, 1.54) is 24.3 Å². The maximum absolute atomic E-state index is 13.5. The van der Waals surface area contributed by atoms with E-state index in [9.17, 15) is 13.6 Å². The van der Waals surface area contributed by atoms with Crippen molar-refractivity contribution in [3.8, 4) is 0 Å². The number of carbonyl (C=O) groups is 1. The lowest BCUT2D eigenvalue weighted by Gasteiger charge is -2.18. The Bertz CT molecular complexity index is 672. The molecular weight excluding hydrogens is 286 g/mol. The van der Waals surface area contributed by atoms with Crippen LogP contribution in [0.2, 0.25) is 0 Å². The number of esters is 1. The lowest BCUT2D eigenvalue weighted by molar-refractivity contribution is -0.143. The predicted octanol–water partition coefficient (Wildman–Crippen LogP) is 3.76. The number of hydrogen-bond donors (Lipinski definition) is 0. The van der Waals surface area contributed by atoms with Crippen molar-refractivity contribution in [3.63, 3.8) is 0 Å². The van der Waals surface area contributed by atoms with Crippen molar-refractivity contribution in [1.29, 1.82) is 0 Å². The average Bonchev–Trinajstić information content (AvgIpc) is 2.64. The van der Waals surface area contributed by atoms with Gasteiger partial charge in [0.1, 0.15) is 17.6 Å². The van der Waals surface area contributed by atoms with Gasteiger partial charge in [-0.05, 0) is 66.3 Å². The molecule has 1 aliphatic carbocycles. The van der Waals surface area contributed by atoms with Crippen LogP contribution in [-0.4, -0.2) is 12.6 Å². The molecule has 22 heavy (non-hydrogen) atoms. The van der Waals surface area contributed by atoms with Crippen LogP contribution in [0.25, 0.3) is 0 Å². The van der Waals surface area contributed by atoms with Gasteiger partial charge in [0, 0.05) is 0 Å². The standard InChI is InChI=1S/C18H16F2O2/c1-2-22-18(21)17-15-7-5-13(19)9-11(15)3-4-12-10-14(20)6-8-16(12)17/h5-10,17H,2-4H2,1H3. The Morgan fingerprint density at radius 2 is 1.55 bits per heavy atom. The summed E-state index contributed by atoms with van der Waals surface area (Å²) >= 11 is 0. The maximum atomic E-state index is 13.5. The molecule has 1 aliphatic rings. The quantitative estimate of drug-likeness (QED) is 0.790. The van der Waals surface area contributed by atoms with Crippen LogP contribution in [-0.2, 0) is 22.4 Å². The topological polar surface area (TPSA) is 26.3 Å². The second-order valence-corrected chi connectivity index (χ2v) is 5.37. The lowest BCUT2D eigenvalue weighted by Crippen LogP contribution is -2.18. The van der Waals surface area contributed by atoms with E-state index in [0.29, 0.717) is 12.8 Å². The Morgan fingerprint density at radius 1 is 1.05 bits per heavy atom. The molecule has 3 rings (SSSR count). The SMILES string of the molecule is CCOC(=O)C1c2ccc(F)cc2CCc2cc(F)ccc21. The molecular formula is C18H16F2O2. The summed E-state index contributed by atoms with van der Waals surface area (Å²) in [6.07, 6.45) is 1.14. The van der Waals surface area contributed by atoms with Gasteiger partial charge in [-0.25, -0.2) is 8.78 Å². The zero-order valence-electron chi connectivity index (χ0n) is 12.2. The molecule has 0 saturated heterocycles. The van der Waals surface area contributed by atoms with E-state index in [4.69, 9.17) is 4.74 Å². The largest absolute Gasteiger partial charge is 0.465 e. The Morgan fingerprint density at radius 3 is 2.00 bits per heavy atom. The van der Waals surface area contributed by atoms with E-state index in [1.807, 2.05) is 0 Å². The van der Waals surface area contributed by atoms with Gasteiger partial charge in [0.15, 0.2) is 0 Å². The van der Waals surface area contributed by atoms with Crippen LogP contribution in [0.5, 0.6) is 0 Å². The second kappa shape index (κ2) is 5.87. The molecule has 0 bridgehead atoms. The summed E-state index contributed by atoms with van der Waals surface area (Å²) in [7, 11) is 0. The predicted molar refractivity (Wildman–Crippen MR) is 78.7 cm³/mol. The molecule has 0 N–H and O–H groups in total. The average molecular weight is 302 g/mol. The third-order valence-corrected chi connectivity index (χ3v) is 4.02. The van der Waals surface area contributed by atoms with E-state index in [2.05, 4.69) is 0 Å². The second-order valence-electron chi connectivity index (χ2n) is 5.37. The van der Waals surface area contributed by atoms with Gasteiger partial charge in [-0.3, -0.25) is 4.79 Å². The van der Waals surface area contributed by atoms with Crippen LogP contribution < -0.4 is 0 Å². The molecule has 0 heterocycles. The normalized spacial score (nSPS) is 14.0. The fraction of sp³-hybridized carbons (Fsp3) is 0.278. The number of benzene rings is 2. The van der Waals surface area contributed by atoms with Crippen LogP contribution in [0, 0.1) is 11.6 Å². The van der Waals surface area contributed by atoms with E-state index in [-0.39, 0.29) is 24.2 Å². The zero-order chi connectivity index (χ0) is 15.7. The summed E-state index contributed by atoms with van der Waals surface area (Å²) in [4.78, 5) is 12.4. The smallest absolute Gasteiger partial charge is 0.317 e. The Balaban J connectivity index is 2.18. The summed E-state index contributed by atoms with van der Waals surface area (Å²) in [5.41, 5.74) is 3.03. The van der Waals surface area contributed by atoms with E-state index in [1.54, 1.807) is 19.1 Å². The molecule has 0 aromatic heterocycles. The summed E-state index contributed by atoms with van der Waals surface area (Å²) in [5, 5.41) is 0. The lowest BCUT2D eigenvalue weighted by atomic mass is 9.88. The van der Waals surface area contributed by atoms with E-state index < -0.39 is 5.92 Å². The first-order valence-electron chi connectivity index (χ1n) is 7.33. The third-order valence-electron chi connectivity index (χ3n) is 4.02. The van der Waals surface area contributed by atoms with Crippen LogP contribution >= 0.6 is 0 Å². The van der Waals surface area contributed by atoms with Gasteiger partial charge in [-0.15, -0.1) is 0 Å². The molecule has 0 fully saturated rings. The van der Waals surface area contributed by atoms with Gasteiger partial charge in [-0.2, -0.15) is 0 Å². The fourth-order valence-corrected chi connectivity index (χ4v) is 3.06. The Hall–Kier alpha value is -2.23. The molecule has 114 valence electrons. The van der Waals surface area contributed by atoms with Crippen molar-refractivity contribution < 1.29 is 18.3 Å². The monoisotopic (exact) mass is 302 g/mol. The first-order chi connectivity index (χ1) is 10.6. The molecule has 2 nitrogen and oxygen atoms in total. The minimum atomic E-state index is -0.631. The van der Waals surface area contributed by atoms with Crippen molar-refractivity contribution >= 4 is 5.97 Å². The number of hydrogen-bond acceptors (Lipinski definition) is 2. The van der Waals surface area contributed by atoms with E-state index >= 15 is 0 Å². The molecule has 0 radical (unpaired) electrons. The van der Waals surface area contributed by atoms with E-state index in [0.717, 1.165) is 22.3 Å². The number of carbonyl (C=O) groups excluding carboxylic acids is 1. The van der Waals surface area contributed by atoms with Crippen LogP contribution in [0.1, 0.15) is 35.1 Å². The van der Waals surface area contributed by atoms with Crippen molar-refractivity contribution in [2.24, 2.45) is 0 Å². The molecule has 2 aromatic rings. The number of aryl methyl sites for hydroxylation is 2. The number of fused-ring (bicyclic) bond motifs is 2. The van der Waals surface area contributed by atoms with Crippen molar-refractivity contribution in [1.82, 2.24) is 0 Å². The highest BCUT2D eigenvalue weighted by Gasteiger charge is 2.31. The van der Waals surface area contributed by atoms with Gasteiger partial charge in [0.05, 0.1) is 6.61 Å². The highest BCUT2D eigenvalue weighted by atomic mass is 19.1. The number of rotatable bonds is 2. The molecule has 0 unspecified atom stereocenters. The van der Waals surface area contributed by atoms with Gasteiger partial charge in [0.2, 0.25) is 0 Å². The first kappa shape index (κ1) is 14.7. The van der Waals surface area contributed by atoms with Crippen molar-refractivity contribution in [2.45, 2.75) is 25.7 Å². The van der Waals surface area contributed by atoms with Crippen LogP contribution in [0.4, 0.5) is 8.78 Å². The Kier molecular flexibility index (Phi) is 3.92. The molecule has 0 amide bonds. The molecule has 0 aliphatic heterocycles. The van der Waals surface area contributed by atoms with Crippen molar-refractivity contribution in [3.05, 3.63) is 70.3 Å². The molecule has 2 aromatic carbocycles. The highest BCUT2D eigenvalue weighted by molar-refractivity contribution is 5.83. The van der Waals surface area contributed by atoms with Gasteiger partial charge >= 0.3 is 5.97 Å². The first-order valence-corrected chi connectivity index (χ1v) is 7.33. The van der Waals surface area contributed by atoms with Crippen molar-refractivity contribution in [2.75, 3.05) is 6.61 Å². The number of ether oxygens (including phenoxy) is 1. The van der Waals surface area contributed by atoms with Gasteiger partial charge in [0.25, 0.3) is 0 Å². The van der Waals surface area contributed by atoms with Crippen LogP contribution in [0.3, 0.4) is 0 Å². The fourth-order valence-electron chi connectivity index (χ4n) is 3.06. The summed E-state index contributed by atoms with van der Waals surface area (Å²) in [6, 6.07) is 8.85. The van der Waals surface area contributed by atoms with Crippen LogP contribution in [0.15, 0.2) is 36.4 Å². The third kappa shape index (κ3) is 2.61. The number of halogens is 2. The molecule has 0 atom stereocenters. The molecule has 0 spiro atoms. The minimum absolute atomic E-state index is 0.266. The highest BCUT2D eigenvalue weighted by Crippen LogP contribution is 2.35. The summed E-state index contributed by atoms with van der Waals surface area (Å²) in [6.45, 7) is 2.01. The Labute approximate surface area is 127 Å². The zero-order valence-corrected chi connectivity index (χ0v) is 12.2.